The Hall–Kier alpha value is -1.81. The molecular weight excluding hydrogens is 238 g/mol. The Balaban J connectivity index is 2.22. The van der Waals surface area contributed by atoms with E-state index in [-0.39, 0.29) is 12.1 Å². The summed E-state index contributed by atoms with van der Waals surface area (Å²) in [5.74, 6) is 0.842. The Morgan fingerprint density at radius 3 is 2.32 bits per heavy atom. The number of ether oxygens (including phenoxy) is 1. The second-order valence-electron chi connectivity index (χ2n) is 4.91. The van der Waals surface area contributed by atoms with E-state index in [1.54, 1.807) is 7.11 Å². The Labute approximate surface area is 114 Å². The van der Waals surface area contributed by atoms with E-state index in [9.17, 15) is 0 Å². The molecule has 2 aromatic rings. The SMILES string of the molecule is COc1ccc(C(N)C(C)n2nc(C)cc2C)cc1. The smallest absolute Gasteiger partial charge is 0.118 e. The van der Waals surface area contributed by atoms with Gasteiger partial charge >= 0.3 is 0 Å². The third-order valence-electron chi connectivity index (χ3n) is 3.45. The average molecular weight is 259 g/mol. The zero-order valence-corrected chi connectivity index (χ0v) is 11.9. The topological polar surface area (TPSA) is 53.1 Å². The summed E-state index contributed by atoms with van der Waals surface area (Å²) in [7, 11) is 1.66. The second-order valence-corrected chi connectivity index (χ2v) is 4.91. The molecule has 0 radical (unpaired) electrons. The third kappa shape index (κ3) is 2.79. The summed E-state index contributed by atoms with van der Waals surface area (Å²) in [6.07, 6.45) is 0. The molecule has 1 heterocycles. The molecule has 0 aliphatic heterocycles. The van der Waals surface area contributed by atoms with Gasteiger partial charge in [-0.1, -0.05) is 12.1 Å². The summed E-state index contributed by atoms with van der Waals surface area (Å²) in [6.45, 7) is 6.14. The van der Waals surface area contributed by atoms with Crippen molar-refractivity contribution in [1.29, 1.82) is 0 Å². The van der Waals surface area contributed by atoms with E-state index >= 15 is 0 Å². The molecule has 102 valence electrons. The van der Waals surface area contributed by atoms with E-state index < -0.39 is 0 Å². The van der Waals surface area contributed by atoms with Gasteiger partial charge in [0.2, 0.25) is 0 Å². The first-order valence-corrected chi connectivity index (χ1v) is 6.45. The summed E-state index contributed by atoms with van der Waals surface area (Å²) >= 11 is 0. The molecule has 0 spiro atoms. The molecule has 2 N–H and O–H groups in total. The van der Waals surface area contributed by atoms with Crippen LogP contribution < -0.4 is 10.5 Å². The third-order valence-corrected chi connectivity index (χ3v) is 3.45. The fourth-order valence-corrected chi connectivity index (χ4v) is 2.32. The average Bonchev–Trinajstić information content (AvgIpc) is 2.76. The van der Waals surface area contributed by atoms with Gasteiger partial charge in [-0.15, -0.1) is 0 Å². The lowest BCUT2D eigenvalue weighted by Gasteiger charge is -2.22. The molecule has 0 aliphatic carbocycles. The van der Waals surface area contributed by atoms with Crippen molar-refractivity contribution in [2.45, 2.75) is 32.9 Å². The quantitative estimate of drug-likeness (QED) is 0.918. The van der Waals surface area contributed by atoms with Gasteiger partial charge in [0.25, 0.3) is 0 Å². The molecule has 0 bridgehead atoms. The minimum Gasteiger partial charge on any atom is -0.497 e. The molecule has 0 aliphatic rings. The lowest BCUT2D eigenvalue weighted by molar-refractivity contribution is 0.402. The highest BCUT2D eigenvalue weighted by Gasteiger charge is 2.19. The summed E-state index contributed by atoms with van der Waals surface area (Å²) in [5, 5.41) is 4.50. The van der Waals surface area contributed by atoms with Gasteiger partial charge in [0.1, 0.15) is 5.75 Å². The summed E-state index contributed by atoms with van der Waals surface area (Å²) in [4.78, 5) is 0. The van der Waals surface area contributed by atoms with E-state index in [1.165, 1.54) is 0 Å². The first kappa shape index (κ1) is 13.6. The van der Waals surface area contributed by atoms with Crippen molar-refractivity contribution in [3.8, 4) is 5.75 Å². The Bertz CT molecular complexity index is 545. The number of nitrogens with zero attached hydrogens (tertiary/aromatic N) is 2. The fraction of sp³-hybridized carbons (Fsp3) is 0.400. The highest BCUT2D eigenvalue weighted by Crippen LogP contribution is 2.26. The van der Waals surface area contributed by atoms with Crippen LogP contribution in [0.2, 0.25) is 0 Å². The lowest BCUT2D eigenvalue weighted by Crippen LogP contribution is -2.24. The van der Waals surface area contributed by atoms with Crippen molar-refractivity contribution < 1.29 is 4.74 Å². The van der Waals surface area contributed by atoms with Crippen LogP contribution in [0.3, 0.4) is 0 Å². The molecule has 2 atom stereocenters. The largest absolute Gasteiger partial charge is 0.497 e. The van der Waals surface area contributed by atoms with E-state index in [4.69, 9.17) is 10.5 Å². The van der Waals surface area contributed by atoms with E-state index in [0.29, 0.717) is 0 Å². The predicted molar refractivity (Wildman–Crippen MR) is 76.3 cm³/mol. The molecule has 4 nitrogen and oxygen atoms in total. The highest BCUT2D eigenvalue weighted by atomic mass is 16.5. The van der Waals surface area contributed by atoms with Crippen molar-refractivity contribution in [3.05, 3.63) is 47.3 Å². The standard InChI is InChI=1S/C15H21N3O/c1-10-9-11(2)18(17-10)12(3)15(16)13-5-7-14(19-4)8-6-13/h5-9,12,15H,16H2,1-4H3. The molecule has 0 amide bonds. The molecule has 0 saturated heterocycles. The highest BCUT2D eigenvalue weighted by molar-refractivity contribution is 5.29. The molecular formula is C15H21N3O. The van der Waals surface area contributed by atoms with Crippen molar-refractivity contribution in [1.82, 2.24) is 9.78 Å². The maximum Gasteiger partial charge on any atom is 0.118 e. The van der Waals surface area contributed by atoms with Gasteiger partial charge in [0, 0.05) is 5.69 Å². The van der Waals surface area contributed by atoms with Crippen LogP contribution in [0.15, 0.2) is 30.3 Å². The van der Waals surface area contributed by atoms with Crippen LogP contribution in [0.4, 0.5) is 0 Å². The van der Waals surface area contributed by atoms with Gasteiger partial charge in [0.15, 0.2) is 0 Å². The van der Waals surface area contributed by atoms with Crippen LogP contribution in [0, 0.1) is 13.8 Å². The van der Waals surface area contributed by atoms with Crippen molar-refractivity contribution in [2.75, 3.05) is 7.11 Å². The molecule has 2 rings (SSSR count). The molecule has 2 unspecified atom stereocenters. The maximum atomic E-state index is 6.34. The zero-order valence-electron chi connectivity index (χ0n) is 11.9. The Morgan fingerprint density at radius 2 is 1.84 bits per heavy atom. The van der Waals surface area contributed by atoms with Crippen LogP contribution >= 0.6 is 0 Å². The number of benzene rings is 1. The molecule has 0 saturated carbocycles. The number of aromatic nitrogens is 2. The van der Waals surface area contributed by atoms with Crippen LogP contribution in [0.5, 0.6) is 5.75 Å². The number of hydrogen-bond donors (Lipinski definition) is 1. The van der Waals surface area contributed by atoms with Crippen LogP contribution in [0.25, 0.3) is 0 Å². The monoisotopic (exact) mass is 259 g/mol. The Kier molecular flexibility index (Phi) is 3.90. The van der Waals surface area contributed by atoms with Gasteiger partial charge in [-0.2, -0.15) is 5.10 Å². The number of hydrogen-bond acceptors (Lipinski definition) is 3. The van der Waals surface area contributed by atoms with Crippen LogP contribution in [-0.4, -0.2) is 16.9 Å². The number of aryl methyl sites for hydroxylation is 2. The predicted octanol–water partition coefficient (Wildman–Crippen LogP) is 2.77. The van der Waals surface area contributed by atoms with E-state index in [0.717, 1.165) is 22.7 Å². The molecule has 19 heavy (non-hydrogen) atoms. The van der Waals surface area contributed by atoms with Gasteiger partial charge in [-0.05, 0) is 44.5 Å². The maximum absolute atomic E-state index is 6.34. The first-order valence-electron chi connectivity index (χ1n) is 6.45. The number of nitrogens with two attached hydrogens (primary N) is 1. The summed E-state index contributed by atoms with van der Waals surface area (Å²) in [5.41, 5.74) is 9.58. The zero-order chi connectivity index (χ0) is 14.0. The van der Waals surface area contributed by atoms with Gasteiger partial charge < -0.3 is 10.5 Å². The number of methoxy groups -OCH3 is 1. The van der Waals surface area contributed by atoms with Gasteiger partial charge in [0.05, 0.1) is 24.9 Å². The molecule has 0 fully saturated rings. The van der Waals surface area contributed by atoms with E-state index in [2.05, 4.69) is 25.0 Å². The molecule has 4 heteroatoms. The first-order chi connectivity index (χ1) is 9.02. The Morgan fingerprint density at radius 1 is 1.21 bits per heavy atom. The minimum atomic E-state index is -0.0936. The number of rotatable bonds is 4. The van der Waals surface area contributed by atoms with Crippen molar-refractivity contribution in [2.24, 2.45) is 5.73 Å². The fourth-order valence-electron chi connectivity index (χ4n) is 2.32. The summed E-state index contributed by atoms with van der Waals surface area (Å²) < 4.78 is 7.15. The van der Waals surface area contributed by atoms with Crippen molar-refractivity contribution in [3.63, 3.8) is 0 Å². The minimum absolute atomic E-state index is 0.0936. The lowest BCUT2D eigenvalue weighted by atomic mass is 10.0. The normalized spacial score (nSPS) is 14.2. The summed E-state index contributed by atoms with van der Waals surface area (Å²) in [6, 6.07) is 9.96. The van der Waals surface area contributed by atoms with Crippen molar-refractivity contribution >= 4 is 0 Å². The van der Waals surface area contributed by atoms with Gasteiger partial charge in [-0.25, -0.2) is 0 Å². The molecule has 1 aromatic carbocycles. The van der Waals surface area contributed by atoms with Gasteiger partial charge in [-0.3, -0.25) is 4.68 Å². The van der Waals surface area contributed by atoms with E-state index in [1.807, 2.05) is 35.9 Å². The molecule has 1 aromatic heterocycles. The van der Waals surface area contributed by atoms with Crippen LogP contribution in [0.1, 0.15) is 36.0 Å². The van der Waals surface area contributed by atoms with Crippen LogP contribution in [-0.2, 0) is 0 Å². The second kappa shape index (κ2) is 5.45.